The Balaban J connectivity index is 2.07. The van der Waals surface area contributed by atoms with Crippen molar-refractivity contribution in [2.24, 2.45) is 0 Å². The van der Waals surface area contributed by atoms with E-state index >= 15 is 0 Å². The largest absolute Gasteiger partial charge is 0.417 e. The van der Waals surface area contributed by atoms with Crippen molar-refractivity contribution < 1.29 is 35.6 Å². The molecule has 0 aromatic heterocycles. The molecular weight excluding hydrogens is 598 g/mol. The smallest absolute Gasteiger partial charge is 0.354 e. The maximum absolute atomic E-state index is 13.8. The van der Waals surface area contributed by atoms with Crippen molar-refractivity contribution in [2.45, 2.75) is 50.3 Å². The van der Waals surface area contributed by atoms with E-state index < -0.39 is 62.7 Å². The minimum absolute atomic E-state index is 0.199. The van der Waals surface area contributed by atoms with Gasteiger partial charge in [0.1, 0.15) is 18.4 Å². The molecule has 226 valence electrons. The number of carbonyl (C=O) groups excluding carboxylic acids is 2. The molecule has 2 amide bonds. The molecule has 0 unspecified atom stereocenters. The molecular formula is C29H30ClF4N3O4S. The molecule has 3 aromatic rings. The predicted molar refractivity (Wildman–Crippen MR) is 152 cm³/mol. The van der Waals surface area contributed by atoms with E-state index in [2.05, 4.69) is 5.32 Å². The van der Waals surface area contributed by atoms with E-state index in [1.165, 1.54) is 55.5 Å². The first-order chi connectivity index (χ1) is 19.8. The molecule has 7 nitrogen and oxygen atoms in total. The van der Waals surface area contributed by atoms with Crippen LogP contribution in [0.25, 0.3) is 0 Å². The lowest BCUT2D eigenvalue weighted by Gasteiger charge is -2.32. The zero-order valence-electron chi connectivity index (χ0n) is 22.9. The quantitative estimate of drug-likeness (QED) is 0.196. The molecule has 0 bridgehead atoms. The lowest BCUT2D eigenvalue weighted by atomic mass is 10.1. The predicted octanol–water partition coefficient (Wildman–Crippen LogP) is 6.03. The molecule has 13 heteroatoms. The number of anilines is 1. The van der Waals surface area contributed by atoms with Gasteiger partial charge in [-0.2, -0.15) is 13.2 Å². The minimum atomic E-state index is -4.90. The highest BCUT2D eigenvalue weighted by atomic mass is 35.5. The summed E-state index contributed by atoms with van der Waals surface area (Å²) < 4.78 is 82.6. The number of rotatable bonds is 12. The second kappa shape index (κ2) is 14.0. The number of carbonyl (C=O) groups is 2. The van der Waals surface area contributed by atoms with Crippen LogP contribution in [0.1, 0.15) is 37.8 Å². The summed E-state index contributed by atoms with van der Waals surface area (Å²) in [7, 11) is -4.57. The molecule has 1 N–H and O–H groups in total. The molecule has 0 aliphatic rings. The lowest BCUT2D eigenvalue weighted by molar-refractivity contribution is -0.139. The van der Waals surface area contributed by atoms with Crippen molar-refractivity contribution in [1.29, 1.82) is 0 Å². The van der Waals surface area contributed by atoms with Crippen LogP contribution < -0.4 is 9.62 Å². The number of nitrogens with one attached hydrogen (secondary N) is 1. The summed E-state index contributed by atoms with van der Waals surface area (Å²) in [6, 6.07) is 13.5. The average molecular weight is 628 g/mol. The second-order valence-corrected chi connectivity index (χ2v) is 11.7. The Labute approximate surface area is 247 Å². The van der Waals surface area contributed by atoms with Crippen molar-refractivity contribution >= 4 is 39.1 Å². The minimum Gasteiger partial charge on any atom is -0.354 e. The van der Waals surface area contributed by atoms with E-state index in [0.717, 1.165) is 23.5 Å². The van der Waals surface area contributed by atoms with Crippen molar-refractivity contribution in [1.82, 2.24) is 10.2 Å². The van der Waals surface area contributed by atoms with E-state index in [4.69, 9.17) is 11.6 Å². The summed E-state index contributed by atoms with van der Waals surface area (Å²) in [5, 5.41) is 2.07. The summed E-state index contributed by atoms with van der Waals surface area (Å²) in [6.45, 7) is 2.59. The molecule has 0 heterocycles. The highest BCUT2D eigenvalue weighted by Crippen LogP contribution is 2.38. The molecule has 0 fully saturated rings. The van der Waals surface area contributed by atoms with Crippen molar-refractivity contribution in [3.63, 3.8) is 0 Å². The highest BCUT2D eigenvalue weighted by Gasteiger charge is 2.37. The van der Waals surface area contributed by atoms with Crippen molar-refractivity contribution in [3.05, 3.63) is 94.8 Å². The maximum Gasteiger partial charge on any atom is 0.417 e. The Morgan fingerprint density at radius 2 is 1.64 bits per heavy atom. The van der Waals surface area contributed by atoms with Crippen LogP contribution in [0, 0.1) is 5.82 Å². The van der Waals surface area contributed by atoms with Gasteiger partial charge in [0, 0.05) is 13.1 Å². The summed E-state index contributed by atoms with van der Waals surface area (Å²) >= 11 is 5.77. The number of alkyl halides is 3. The van der Waals surface area contributed by atoms with Gasteiger partial charge in [0.05, 0.1) is 21.2 Å². The zero-order valence-corrected chi connectivity index (χ0v) is 24.4. The van der Waals surface area contributed by atoms with Gasteiger partial charge in [0.2, 0.25) is 11.8 Å². The Bertz CT molecular complexity index is 1490. The topological polar surface area (TPSA) is 86.8 Å². The van der Waals surface area contributed by atoms with Crippen LogP contribution in [0.3, 0.4) is 0 Å². The van der Waals surface area contributed by atoms with Gasteiger partial charge in [-0.1, -0.05) is 55.3 Å². The van der Waals surface area contributed by atoms with E-state index in [9.17, 15) is 35.6 Å². The van der Waals surface area contributed by atoms with Gasteiger partial charge in [-0.3, -0.25) is 13.9 Å². The van der Waals surface area contributed by atoms with E-state index in [1.807, 2.05) is 6.92 Å². The first-order valence-corrected chi connectivity index (χ1v) is 14.8. The van der Waals surface area contributed by atoms with Crippen LogP contribution in [0.2, 0.25) is 5.02 Å². The number of nitrogens with zero attached hydrogens (tertiary/aromatic N) is 2. The van der Waals surface area contributed by atoms with Crippen molar-refractivity contribution in [3.8, 4) is 0 Å². The number of hydrogen-bond donors (Lipinski definition) is 1. The number of hydrogen-bond acceptors (Lipinski definition) is 4. The van der Waals surface area contributed by atoms with Crippen LogP contribution in [-0.4, -0.2) is 44.3 Å². The summed E-state index contributed by atoms with van der Waals surface area (Å²) in [5.41, 5.74) is -1.29. The Morgan fingerprint density at radius 1 is 1.00 bits per heavy atom. The van der Waals surface area contributed by atoms with Crippen LogP contribution in [-0.2, 0) is 32.3 Å². The van der Waals surface area contributed by atoms with E-state index in [1.54, 1.807) is 6.07 Å². The molecule has 1 atom stereocenters. The molecule has 42 heavy (non-hydrogen) atoms. The van der Waals surface area contributed by atoms with Crippen LogP contribution >= 0.6 is 11.6 Å². The fourth-order valence-electron chi connectivity index (χ4n) is 4.04. The van der Waals surface area contributed by atoms with Gasteiger partial charge in [-0.25, -0.2) is 12.8 Å². The molecule has 0 radical (unpaired) electrons. The van der Waals surface area contributed by atoms with Crippen LogP contribution in [0.5, 0.6) is 0 Å². The molecule has 0 spiro atoms. The summed E-state index contributed by atoms with van der Waals surface area (Å²) in [6.07, 6.45) is -3.41. The fraction of sp³-hybridized carbons (Fsp3) is 0.310. The second-order valence-electron chi connectivity index (χ2n) is 9.46. The van der Waals surface area contributed by atoms with Crippen LogP contribution in [0.4, 0.5) is 23.2 Å². The van der Waals surface area contributed by atoms with Gasteiger partial charge in [-0.15, -0.1) is 0 Å². The Kier molecular flexibility index (Phi) is 11.0. The van der Waals surface area contributed by atoms with Gasteiger partial charge in [-0.05, 0) is 61.4 Å². The third-order valence-corrected chi connectivity index (χ3v) is 8.53. The molecule has 3 rings (SSSR count). The van der Waals surface area contributed by atoms with E-state index in [-0.39, 0.29) is 11.4 Å². The molecule has 0 aliphatic carbocycles. The number of unbranched alkanes of at least 4 members (excludes halogenated alkanes) is 1. The molecule has 0 saturated carbocycles. The third-order valence-electron chi connectivity index (χ3n) is 6.42. The molecule has 3 aromatic carbocycles. The van der Waals surface area contributed by atoms with Gasteiger partial charge in [0.25, 0.3) is 10.0 Å². The first kappa shape index (κ1) is 32.9. The number of halogens is 5. The highest BCUT2D eigenvalue weighted by molar-refractivity contribution is 7.92. The van der Waals surface area contributed by atoms with Crippen molar-refractivity contribution in [2.75, 3.05) is 17.4 Å². The molecule has 0 aliphatic heterocycles. The fourth-order valence-corrected chi connectivity index (χ4v) is 5.69. The lowest BCUT2D eigenvalue weighted by Crippen LogP contribution is -2.51. The normalized spacial score (nSPS) is 12.5. The van der Waals surface area contributed by atoms with Gasteiger partial charge in [0.15, 0.2) is 0 Å². The number of benzene rings is 3. The van der Waals surface area contributed by atoms with Gasteiger partial charge >= 0.3 is 6.18 Å². The number of sulfonamides is 1. The Morgan fingerprint density at radius 3 is 2.24 bits per heavy atom. The first-order valence-electron chi connectivity index (χ1n) is 13.0. The summed E-state index contributed by atoms with van der Waals surface area (Å²) in [4.78, 5) is 27.6. The summed E-state index contributed by atoms with van der Waals surface area (Å²) in [5.74, 6) is -1.91. The van der Waals surface area contributed by atoms with E-state index in [0.29, 0.717) is 28.9 Å². The molecule has 0 saturated heterocycles. The van der Waals surface area contributed by atoms with Gasteiger partial charge < -0.3 is 10.2 Å². The average Bonchev–Trinajstić information content (AvgIpc) is 2.95. The zero-order chi connectivity index (χ0) is 31.1. The maximum atomic E-state index is 13.8. The standard InChI is InChI=1S/C29H30ClF4N3O4S/c1-3-4-16-35-28(39)20(2)36(18-21-10-12-22(31)13-11-21)27(38)19-37(42(40,41)24-8-6-5-7-9-24)23-14-15-26(30)25(17-23)29(32,33)34/h5-15,17,20H,3-4,16,18-19H2,1-2H3,(H,35,39)/t20-/m0/s1. The third kappa shape index (κ3) is 8.22. The SMILES string of the molecule is CCCCNC(=O)[C@H](C)N(Cc1ccc(F)cc1)C(=O)CN(c1ccc(Cl)c(C(F)(F)F)c1)S(=O)(=O)c1ccccc1. The Hall–Kier alpha value is -3.64. The number of amides is 2. The monoisotopic (exact) mass is 627 g/mol. The van der Waals surface area contributed by atoms with Crippen LogP contribution in [0.15, 0.2) is 77.7 Å².